The largest absolute Gasteiger partial charge is 0.326 e. The van der Waals surface area contributed by atoms with Gasteiger partial charge in [0.25, 0.3) is 0 Å². The molecule has 2 aromatic carbocycles. The lowest BCUT2D eigenvalue weighted by molar-refractivity contribution is -0.120. The topological polar surface area (TPSA) is 59.2 Å². The zero-order valence-corrected chi connectivity index (χ0v) is 20.7. The van der Waals surface area contributed by atoms with Gasteiger partial charge in [0.15, 0.2) is 0 Å². The van der Waals surface area contributed by atoms with Gasteiger partial charge < -0.3 is 10.6 Å². The summed E-state index contributed by atoms with van der Waals surface area (Å²) in [5.74, 6) is 0.690. The second kappa shape index (κ2) is 11.0. The average Bonchev–Trinajstić information content (AvgIpc) is 3.69. The number of carbonyl (C=O) groups excluding carboxylic acids is 1. The number of amides is 1. The van der Waals surface area contributed by atoms with Crippen LogP contribution in [0.5, 0.6) is 0 Å². The maximum atomic E-state index is 13.6. The molecule has 1 aliphatic carbocycles. The summed E-state index contributed by atoms with van der Waals surface area (Å²) in [6.07, 6.45) is 5.91. The highest BCUT2D eigenvalue weighted by Crippen LogP contribution is 2.48. The van der Waals surface area contributed by atoms with Crippen molar-refractivity contribution >= 4 is 11.6 Å². The molecule has 0 bridgehead atoms. The molecule has 1 fully saturated rings. The molecule has 1 amide bonds. The van der Waals surface area contributed by atoms with E-state index in [9.17, 15) is 4.79 Å². The number of benzene rings is 2. The summed E-state index contributed by atoms with van der Waals surface area (Å²) in [6, 6.07) is 23.0. The number of nitrogens with two attached hydrogens (primary N) is 1. The molecule has 4 heteroatoms. The molecule has 0 radical (unpaired) electrons. The molecule has 178 valence electrons. The third kappa shape index (κ3) is 5.56. The summed E-state index contributed by atoms with van der Waals surface area (Å²) in [4.78, 5) is 20.0. The van der Waals surface area contributed by atoms with Crippen molar-refractivity contribution in [2.45, 2.75) is 58.4 Å². The smallest absolute Gasteiger partial charge is 0.230 e. The fourth-order valence-electron chi connectivity index (χ4n) is 4.59. The Kier molecular flexibility index (Phi) is 7.79. The van der Waals surface area contributed by atoms with Crippen molar-refractivity contribution in [1.29, 1.82) is 0 Å². The second-order valence-corrected chi connectivity index (χ2v) is 9.70. The van der Waals surface area contributed by atoms with Crippen LogP contribution in [0.15, 0.2) is 72.9 Å². The first kappa shape index (κ1) is 24.2. The molecule has 4 atom stereocenters. The minimum Gasteiger partial charge on any atom is -0.326 e. The molecule has 1 saturated carbocycles. The summed E-state index contributed by atoms with van der Waals surface area (Å²) >= 11 is 0. The first-order valence-corrected chi connectivity index (χ1v) is 12.7. The highest BCUT2D eigenvalue weighted by molar-refractivity contribution is 5.97. The Bertz CT molecular complexity index is 1060. The van der Waals surface area contributed by atoms with Gasteiger partial charge in [-0.25, -0.2) is 0 Å². The quantitative estimate of drug-likeness (QED) is 0.395. The average molecular weight is 456 g/mol. The van der Waals surface area contributed by atoms with Gasteiger partial charge in [-0.2, -0.15) is 0 Å². The number of hydrogen-bond donors (Lipinski definition) is 1. The first-order chi connectivity index (χ1) is 16.5. The van der Waals surface area contributed by atoms with Gasteiger partial charge in [0, 0.05) is 42.0 Å². The van der Waals surface area contributed by atoms with Gasteiger partial charge in [-0.1, -0.05) is 76.1 Å². The SMILES string of the molecule is CCCc1ccc(-c2ccc(N(C[C@@H](N)[C@@H](C)CC)C(=O)[C@@H]3CC3c3ccccn3)cc2)cc1. The van der Waals surface area contributed by atoms with E-state index < -0.39 is 0 Å². The summed E-state index contributed by atoms with van der Waals surface area (Å²) in [5, 5.41) is 0. The molecule has 1 unspecified atom stereocenters. The van der Waals surface area contributed by atoms with Gasteiger partial charge in [0.1, 0.15) is 0 Å². The monoisotopic (exact) mass is 455 g/mol. The summed E-state index contributed by atoms with van der Waals surface area (Å²) in [7, 11) is 0. The summed E-state index contributed by atoms with van der Waals surface area (Å²) in [6.45, 7) is 7.04. The fraction of sp³-hybridized carbons (Fsp3) is 0.400. The van der Waals surface area contributed by atoms with Crippen LogP contribution in [-0.4, -0.2) is 23.5 Å². The highest BCUT2D eigenvalue weighted by atomic mass is 16.2. The highest BCUT2D eigenvalue weighted by Gasteiger charge is 2.47. The maximum Gasteiger partial charge on any atom is 0.230 e. The van der Waals surface area contributed by atoms with Crippen molar-refractivity contribution in [3.63, 3.8) is 0 Å². The van der Waals surface area contributed by atoms with E-state index in [1.807, 2.05) is 23.1 Å². The van der Waals surface area contributed by atoms with Crippen molar-refractivity contribution in [3.05, 3.63) is 84.2 Å². The van der Waals surface area contributed by atoms with E-state index >= 15 is 0 Å². The van der Waals surface area contributed by atoms with Gasteiger partial charge in [0.2, 0.25) is 5.91 Å². The van der Waals surface area contributed by atoms with Crippen LogP contribution in [0.1, 0.15) is 57.2 Å². The van der Waals surface area contributed by atoms with E-state index in [1.54, 1.807) is 6.20 Å². The van der Waals surface area contributed by atoms with E-state index in [1.165, 1.54) is 11.1 Å². The Labute approximate surface area is 204 Å². The Morgan fingerprint density at radius 2 is 1.71 bits per heavy atom. The number of rotatable bonds is 10. The fourth-order valence-corrected chi connectivity index (χ4v) is 4.59. The predicted octanol–water partition coefficient (Wildman–Crippen LogP) is 6.21. The van der Waals surface area contributed by atoms with E-state index in [2.05, 4.69) is 74.3 Å². The van der Waals surface area contributed by atoms with Crippen LogP contribution in [0.25, 0.3) is 11.1 Å². The van der Waals surface area contributed by atoms with Crippen LogP contribution >= 0.6 is 0 Å². The molecule has 1 aliphatic rings. The van der Waals surface area contributed by atoms with Crippen LogP contribution < -0.4 is 10.6 Å². The van der Waals surface area contributed by atoms with Crippen molar-refractivity contribution in [2.24, 2.45) is 17.6 Å². The van der Waals surface area contributed by atoms with Gasteiger partial charge in [-0.05, 0) is 59.7 Å². The molecular weight excluding hydrogens is 418 g/mol. The number of carbonyl (C=O) groups is 1. The number of hydrogen-bond acceptors (Lipinski definition) is 3. The van der Waals surface area contributed by atoms with Crippen LogP contribution in [-0.2, 0) is 11.2 Å². The molecule has 1 aromatic heterocycles. The van der Waals surface area contributed by atoms with Crippen LogP contribution in [0.2, 0.25) is 0 Å². The Morgan fingerprint density at radius 1 is 1.03 bits per heavy atom. The lowest BCUT2D eigenvalue weighted by Crippen LogP contribution is -2.45. The van der Waals surface area contributed by atoms with E-state index in [-0.39, 0.29) is 23.8 Å². The maximum absolute atomic E-state index is 13.6. The molecule has 2 N–H and O–H groups in total. The van der Waals surface area contributed by atoms with Crippen molar-refractivity contribution in [3.8, 4) is 11.1 Å². The van der Waals surface area contributed by atoms with Gasteiger partial charge >= 0.3 is 0 Å². The predicted molar refractivity (Wildman–Crippen MR) is 141 cm³/mol. The van der Waals surface area contributed by atoms with Crippen molar-refractivity contribution < 1.29 is 4.79 Å². The van der Waals surface area contributed by atoms with Crippen LogP contribution in [0, 0.1) is 11.8 Å². The molecule has 0 saturated heterocycles. The van der Waals surface area contributed by atoms with E-state index in [4.69, 9.17) is 5.73 Å². The molecule has 1 heterocycles. The zero-order valence-electron chi connectivity index (χ0n) is 20.7. The molecule has 4 nitrogen and oxygen atoms in total. The number of nitrogens with zero attached hydrogens (tertiary/aromatic N) is 2. The number of anilines is 1. The van der Waals surface area contributed by atoms with Crippen LogP contribution in [0.3, 0.4) is 0 Å². The van der Waals surface area contributed by atoms with Gasteiger partial charge in [-0.15, -0.1) is 0 Å². The number of aryl methyl sites for hydroxylation is 1. The van der Waals surface area contributed by atoms with E-state index in [0.717, 1.165) is 42.6 Å². The van der Waals surface area contributed by atoms with E-state index in [0.29, 0.717) is 12.5 Å². The van der Waals surface area contributed by atoms with Gasteiger partial charge in [0.05, 0.1) is 0 Å². The van der Waals surface area contributed by atoms with Crippen molar-refractivity contribution in [2.75, 3.05) is 11.4 Å². The number of aromatic nitrogens is 1. The lowest BCUT2D eigenvalue weighted by Gasteiger charge is -2.29. The van der Waals surface area contributed by atoms with Crippen LogP contribution in [0.4, 0.5) is 5.69 Å². The minimum absolute atomic E-state index is 0.0233. The lowest BCUT2D eigenvalue weighted by atomic mass is 9.98. The normalized spacial score (nSPS) is 18.8. The third-order valence-corrected chi connectivity index (χ3v) is 7.21. The Morgan fingerprint density at radius 3 is 2.29 bits per heavy atom. The van der Waals surface area contributed by atoms with Crippen molar-refractivity contribution in [1.82, 2.24) is 4.98 Å². The summed E-state index contributed by atoms with van der Waals surface area (Å²) < 4.78 is 0. The standard InChI is InChI=1S/C30H37N3O/c1-4-8-22-10-12-23(13-11-22)24-14-16-25(17-15-24)33(20-28(31)21(3)5-2)30(34)27-19-26(27)29-9-6-7-18-32-29/h6-7,9-18,21,26-28H,4-5,8,19-20,31H2,1-3H3/t21-,26?,27+,28+/m0/s1. The molecular formula is C30H37N3O. The molecule has 3 aromatic rings. The zero-order chi connectivity index (χ0) is 24.1. The molecule has 34 heavy (non-hydrogen) atoms. The first-order valence-electron chi connectivity index (χ1n) is 12.7. The van der Waals surface area contributed by atoms with Gasteiger partial charge in [-0.3, -0.25) is 9.78 Å². The third-order valence-electron chi connectivity index (χ3n) is 7.21. The molecule has 0 aliphatic heterocycles. The Hall–Kier alpha value is -2.98. The second-order valence-electron chi connectivity index (χ2n) is 9.70. The minimum atomic E-state index is -0.0632. The molecule has 4 rings (SSSR count). The summed E-state index contributed by atoms with van der Waals surface area (Å²) in [5.41, 5.74) is 12.2. The molecule has 0 spiro atoms. The Balaban J connectivity index is 1.54. The number of pyridine rings is 1.